The van der Waals surface area contributed by atoms with Gasteiger partial charge in [-0.05, 0) is 31.4 Å². The van der Waals surface area contributed by atoms with Gasteiger partial charge < -0.3 is 10.5 Å². The Balaban J connectivity index is 2.30. The van der Waals surface area contributed by atoms with Gasteiger partial charge in [-0.15, -0.1) is 0 Å². The van der Waals surface area contributed by atoms with Crippen molar-refractivity contribution in [2.24, 2.45) is 5.73 Å². The molecule has 0 atom stereocenters. The van der Waals surface area contributed by atoms with Crippen LogP contribution in [0, 0.1) is 6.92 Å². The smallest absolute Gasteiger partial charge is 0.224 e. The lowest BCUT2D eigenvalue weighted by Gasteiger charge is -2.12. The zero-order valence-electron chi connectivity index (χ0n) is 10.0. The van der Waals surface area contributed by atoms with E-state index < -0.39 is 0 Å². The van der Waals surface area contributed by atoms with Crippen LogP contribution < -0.4 is 10.5 Å². The second-order valence-corrected chi connectivity index (χ2v) is 4.68. The molecular weight excluding hydrogens is 214 g/mol. The second-order valence-electron chi connectivity index (χ2n) is 4.68. The summed E-state index contributed by atoms with van der Waals surface area (Å²) in [7, 11) is 1.63. The highest BCUT2D eigenvalue weighted by molar-refractivity contribution is 5.86. The van der Waals surface area contributed by atoms with Crippen LogP contribution in [0.15, 0.2) is 18.2 Å². The molecule has 0 radical (unpaired) electrons. The van der Waals surface area contributed by atoms with Crippen molar-refractivity contribution in [1.82, 2.24) is 9.97 Å². The van der Waals surface area contributed by atoms with Crippen molar-refractivity contribution >= 4 is 10.9 Å². The van der Waals surface area contributed by atoms with Crippen LogP contribution in [0.4, 0.5) is 0 Å². The average molecular weight is 229 g/mol. The summed E-state index contributed by atoms with van der Waals surface area (Å²) in [5.74, 6) is 1.33. The van der Waals surface area contributed by atoms with E-state index in [1.54, 1.807) is 7.11 Å². The number of nitrogens with zero attached hydrogens (tertiary/aromatic N) is 2. The normalized spacial score (nSPS) is 17.1. The number of aryl methyl sites for hydroxylation is 1. The van der Waals surface area contributed by atoms with Gasteiger partial charge in [0.1, 0.15) is 0 Å². The zero-order chi connectivity index (χ0) is 12.0. The number of hydrogen-bond acceptors (Lipinski definition) is 4. The molecule has 0 saturated heterocycles. The fraction of sp³-hybridized carbons (Fsp3) is 0.385. The van der Waals surface area contributed by atoms with Crippen LogP contribution in [-0.2, 0) is 5.54 Å². The molecule has 1 heterocycles. The summed E-state index contributed by atoms with van der Waals surface area (Å²) in [6.45, 7) is 2.03. The van der Waals surface area contributed by atoms with E-state index in [1.165, 1.54) is 0 Å². The first-order valence-corrected chi connectivity index (χ1v) is 5.75. The monoisotopic (exact) mass is 229 g/mol. The molecule has 1 aliphatic rings. The SMILES string of the molecule is COc1nc(C2(N)CC2)nc2cccc(C)c12. The largest absolute Gasteiger partial charge is 0.480 e. The third-order valence-corrected chi connectivity index (χ3v) is 3.33. The summed E-state index contributed by atoms with van der Waals surface area (Å²) in [6.07, 6.45) is 1.90. The van der Waals surface area contributed by atoms with E-state index in [9.17, 15) is 0 Å². The van der Waals surface area contributed by atoms with Gasteiger partial charge in [0.15, 0.2) is 5.82 Å². The Morgan fingerprint density at radius 2 is 2.06 bits per heavy atom. The van der Waals surface area contributed by atoms with Gasteiger partial charge in [-0.25, -0.2) is 4.98 Å². The number of hydrogen-bond donors (Lipinski definition) is 1. The Bertz CT molecular complexity index is 590. The molecule has 1 aliphatic carbocycles. The number of fused-ring (bicyclic) bond motifs is 1. The van der Waals surface area contributed by atoms with Crippen molar-refractivity contribution in [2.75, 3.05) is 7.11 Å². The van der Waals surface area contributed by atoms with Crippen molar-refractivity contribution < 1.29 is 4.74 Å². The van der Waals surface area contributed by atoms with Gasteiger partial charge in [-0.3, -0.25) is 0 Å². The Labute approximate surface area is 99.8 Å². The highest BCUT2D eigenvalue weighted by atomic mass is 16.5. The van der Waals surface area contributed by atoms with Crippen molar-refractivity contribution in [3.63, 3.8) is 0 Å². The van der Waals surface area contributed by atoms with Crippen LogP contribution in [0.5, 0.6) is 5.88 Å². The van der Waals surface area contributed by atoms with Crippen LogP contribution in [0.25, 0.3) is 10.9 Å². The van der Waals surface area contributed by atoms with Crippen molar-refractivity contribution in [1.29, 1.82) is 0 Å². The van der Waals surface area contributed by atoms with Gasteiger partial charge in [-0.2, -0.15) is 4.98 Å². The van der Waals surface area contributed by atoms with Gasteiger partial charge in [0.05, 0.1) is 23.6 Å². The Hall–Kier alpha value is -1.68. The average Bonchev–Trinajstić information content (AvgIpc) is 3.07. The molecule has 0 aliphatic heterocycles. The van der Waals surface area contributed by atoms with E-state index in [1.807, 2.05) is 25.1 Å². The predicted octanol–water partition coefficient (Wildman–Crippen LogP) is 1.89. The molecule has 0 unspecified atom stereocenters. The predicted molar refractivity (Wildman–Crippen MR) is 65.9 cm³/mol. The maximum Gasteiger partial charge on any atom is 0.224 e. The van der Waals surface area contributed by atoms with Gasteiger partial charge in [0, 0.05) is 0 Å². The lowest BCUT2D eigenvalue weighted by atomic mass is 10.1. The molecule has 1 aromatic heterocycles. The van der Waals surface area contributed by atoms with Crippen LogP contribution >= 0.6 is 0 Å². The Morgan fingerprint density at radius 3 is 2.71 bits per heavy atom. The molecule has 3 rings (SSSR count). The van der Waals surface area contributed by atoms with Crippen LogP contribution in [0.3, 0.4) is 0 Å². The lowest BCUT2D eigenvalue weighted by molar-refractivity contribution is 0.398. The number of aromatic nitrogens is 2. The summed E-state index contributed by atoms with van der Waals surface area (Å²) in [5, 5.41) is 0.975. The topological polar surface area (TPSA) is 61.0 Å². The van der Waals surface area contributed by atoms with E-state index in [0.717, 1.165) is 29.3 Å². The molecule has 4 heteroatoms. The molecule has 17 heavy (non-hydrogen) atoms. The van der Waals surface area contributed by atoms with Crippen LogP contribution in [0.2, 0.25) is 0 Å². The van der Waals surface area contributed by atoms with Crippen LogP contribution in [0.1, 0.15) is 24.2 Å². The fourth-order valence-corrected chi connectivity index (χ4v) is 2.04. The summed E-state index contributed by atoms with van der Waals surface area (Å²) in [5.41, 5.74) is 7.84. The molecule has 1 saturated carbocycles. The first kappa shape index (κ1) is 10.5. The molecule has 4 nitrogen and oxygen atoms in total. The van der Waals surface area contributed by atoms with E-state index in [0.29, 0.717) is 11.7 Å². The zero-order valence-corrected chi connectivity index (χ0v) is 10.0. The van der Waals surface area contributed by atoms with E-state index in [4.69, 9.17) is 10.5 Å². The molecule has 1 aromatic carbocycles. The third kappa shape index (κ3) is 1.56. The lowest BCUT2D eigenvalue weighted by Crippen LogP contribution is -2.22. The Kier molecular flexibility index (Phi) is 2.10. The van der Waals surface area contributed by atoms with Crippen LogP contribution in [-0.4, -0.2) is 17.1 Å². The van der Waals surface area contributed by atoms with E-state index in [2.05, 4.69) is 9.97 Å². The van der Waals surface area contributed by atoms with Crippen molar-refractivity contribution in [2.45, 2.75) is 25.3 Å². The number of methoxy groups -OCH3 is 1. The molecule has 0 spiro atoms. The number of nitrogens with two attached hydrogens (primary N) is 1. The van der Waals surface area contributed by atoms with Gasteiger partial charge in [0.2, 0.25) is 5.88 Å². The van der Waals surface area contributed by atoms with Crippen molar-refractivity contribution in [3.05, 3.63) is 29.6 Å². The van der Waals surface area contributed by atoms with E-state index in [-0.39, 0.29) is 5.54 Å². The second kappa shape index (κ2) is 3.40. The molecular formula is C13H15N3O. The molecule has 88 valence electrons. The van der Waals surface area contributed by atoms with Gasteiger partial charge >= 0.3 is 0 Å². The van der Waals surface area contributed by atoms with Gasteiger partial charge in [0.25, 0.3) is 0 Å². The summed E-state index contributed by atoms with van der Waals surface area (Å²) >= 11 is 0. The quantitative estimate of drug-likeness (QED) is 0.854. The van der Waals surface area contributed by atoms with Crippen molar-refractivity contribution in [3.8, 4) is 5.88 Å². The minimum Gasteiger partial charge on any atom is -0.480 e. The maximum absolute atomic E-state index is 6.14. The fourth-order valence-electron chi connectivity index (χ4n) is 2.04. The Morgan fingerprint density at radius 1 is 1.29 bits per heavy atom. The highest BCUT2D eigenvalue weighted by Crippen LogP contribution is 2.42. The molecule has 1 fully saturated rings. The third-order valence-electron chi connectivity index (χ3n) is 3.33. The maximum atomic E-state index is 6.14. The first-order valence-electron chi connectivity index (χ1n) is 5.75. The summed E-state index contributed by atoms with van der Waals surface area (Å²) in [4.78, 5) is 9.02. The van der Waals surface area contributed by atoms with E-state index >= 15 is 0 Å². The summed E-state index contributed by atoms with van der Waals surface area (Å²) in [6, 6.07) is 6.00. The van der Waals surface area contributed by atoms with Gasteiger partial charge in [-0.1, -0.05) is 12.1 Å². The number of rotatable bonds is 2. The number of ether oxygens (including phenoxy) is 1. The standard InChI is InChI=1S/C13H15N3O/c1-8-4-3-5-9-10(8)11(17-2)16-12(15-9)13(14)6-7-13/h3-5H,6-7,14H2,1-2H3. The highest BCUT2D eigenvalue weighted by Gasteiger charge is 2.43. The molecule has 2 N–H and O–H groups in total. The molecule has 2 aromatic rings. The molecule has 0 bridgehead atoms. The minimum absolute atomic E-state index is 0.328. The minimum atomic E-state index is -0.328. The number of benzene rings is 1. The molecule has 0 amide bonds. The summed E-state index contributed by atoms with van der Waals surface area (Å²) < 4.78 is 5.37. The first-order chi connectivity index (χ1) is 8.14.